The molecule has 0 amide bonds. The molecule has 0 aromatic heterocycles. The van der Waals surface area contributed by atoms with Gasteiger partial charge in [-0.05, 0) is 7.05 Å². The third kappa shape index (κ3) is 3.62. The number of nitrogens with zero attached hydrogens (tertiary/aromatic N) is 1. The molecular weight excluding hydrogens is 149 g/mol. The molecule has 5 nitrogen and oxygen atoms in total. The molecule has 0 aliphatic rings. The first-order chi connectivity index (χ1) is 4.95. The maximum absolute atomic E-state index is 10.3. The van der Waals surface area contributed by atoms with Crippen molar-refractivity contribution < 1.29 is 19.8 Å². The summed E-state index contributed by atoms with van der Waals surface area (Å²) in [6.45, 7) is -0.256. The molecule has 62 valence electrons. The number of carbonyl (C=O) groups is 2. The number of hydrogen-bond donors (Lipinski definition) is 2. The molecule has 0 saturated heterocycles. The second-order valence-corrected chi connectivity index (χ2v) is 2.32. The number of rotatable bonds is 4. The summed E-state index contributed by atoms with van der Waals surface area (Å²) < 4.78 is 0. The van der Waals surface area contributed by atoms with Gasteiger partial charge in [0.25, 0.3) is 0 Å². The highest BCUT2D eigenvalue weighted by molar-refractivity contribution is 6.22. The lowest BCUT2D eigenvalue weighted by molar-refractivity contribution is -0.142. The molecule has 2 N–H and O–H groups in total. The fourth-order valence-corrected chi connectivity index (χ4v) is 0.539. The minimum absolute atomic E-state index is 0.256. The summed E-state index contributed by atoms with van der Waals surface area (Å²) >= 11 is 0. The van der Waals surface area contributed by atoms with E-state index in [0.717, 1.165) is 0 Å². The van der Waals surface area contributed by atoms with Crippen LogP contribution in [0.1, 0.15) is 0 Å². The largest absolute Gasteiger partial charge is 0.481 e. The van der Waals surface area contributed by atoms with Gasteiger partial charge < -0.3 is 10.2 Å². The van der Waals surface area contributed by atoms with E-state index in [1.165, 1.54) is 19.8 Å². The van der Waals surface area contributed by atoms with Crippen molar-refractivity contribution in [3.8, 4) is 0 Å². The highest BCUT2D eigenvalue weighted by atomic mass is 16.4. The van der Waals surface area contributed by atoms with Gasteiger partial charge in [-0.25, -0.2) is 0 Å². The van der Waals surface area contributed by atoms with E-state index in [-0.39, 0.29) is 6.54 Å². The summed E-state index contributed by atoms with van der Waals surface area (Å²) in [7, 11) is 2.89. The van der Waals surface area contributed by atoms with E-state index < -0.39 is 17.9 Å². The molecule has 0 fully saturated rings. The van der Waals surface area contributed by atoms with Crippen molar-refractivity contribution in [2.45, 2.75) is 5.94 Å². The predicted octanol–water partition coefficient (Wildman–Crippen LogP) is -1.95. The van der Waals surface area contributed by atoms with Crippen LogP contribution in [-0.2, 0) is 9.59 Å². The second-order valence-electron chi connectivity index (χ2n) is 2.32. The van der Waals surface area contributed by atoms with Crippen LogP contribution < -0.4 is 0 Å². The molecule has 0 saturated carbocycles. The van der Waals surface area contributed by atoms with E-state index in [2.05, 4.69) is 0 Å². The van der Waals surface area contributed by atoms with Crippen molar-refractivity contribution in [3.63, 3.8) is 0 Å². The molecule has 0 spiro atoms. The van der Waals surface area contributed by atoms with Crippen LogP contribution in [0.15, 0.2) is 0 Å². The van der Waals surface area contributed by atoms with Gasteiger partial charge in [-0.3, -0.25) is 14.5 Å². The quantitative estimate of drug-likeness (QED) is 0.466. The van der Waals surface area contributed by atoms with Crippen molar-refractivity contribution in [1.82, 2.24) is 4.90 Å². The second kappa shape index (κ2) is 3.97. The van der Waals surface area contributed by atoms with Crippen LogP contribution in [0.25, 0.3) is 0 Å². The molecular formula is C5H10BNO4. The SMILES string of the molecule is BC(C(=O)O)N(C)CC(=O)O. The summed E-state index contributed by atoms with van der Waals surface area (Å²) in [5.74, 6) is -2.81. The third-order valence-electron chi connectivity index (χ3n) is 1.40. The molecule has 0 aromatic carbocycles. The maximum atomic E-state index is 10.3. The maximum Gasteiger partial charge on any atom is 0.317 e. The number of carboxylic acids is 2. The fraction of sp³-hybridized carbons (Fsp3) is 0.600. The molecule has 0 heterocycles. The van der Waals surface area contributed by atoms with Crippen LogP contribution in [-0.4, -0.2) is 54.4 Å². The van der Waals surface area contributed by atoms with Crippen molar-refractivity contribution >= 4 is 19.8 Å². The summed E-state index contributed by atoms with van der Waals surface area (Å²) in [4.78, 5) is 21.6. The third-order valence-corrected chi connectivity index (χ3v) is 1.40. The molecule has 0 aliphatic carbocycles. The molecule has 11 heavy (non-hydrogen) atoms. The van der Waals surface area contributed by atoms with Crippen molar-refractivity contribution in [2.24, 2.45) is 0 Å². The summed E-state index contributed by atoms with van der Waals surface area (Å²) in [5, 5.41) is 16.7. The Hall–Kier alpha value is -1.04. The summed E-state index contributed by atoms with van der Waals surface area (Å²) in [6, 6.07) is 0. The van der Waals surface area contributed by atoms with E-state index in [9.17, 15) is 9.59 Å². The average molecular weight is 159 g/mol. The minimum atomic E-state index is -1.03. The van der Waals surface area contributed by atoms with Gasteiger partial charge in [0.1, 0.15) is 7.85 Å². The fourth-order valence-electron chi connectivity index (χ4n) is 0.539. The summed E-state index contributed by atoms with van der Waals surface area (Å²) in [6.07, 6.45) is 0. The molecule has 0 radical (unpaired) electrons. The lowest BCUT2D eigenvalue weighted by atomic mass is 9.95. The number of hydrogen-bond acceptors (Lipinski definition) is 3. The smallest absolute Gasteiger partial charge is 0.317 e. The molecule has 1 atom stereocenters. The molecule has 0 aromatic rings. The highest BCUT2D eigenvalue weighted by Crippen LogP contribution is 1.90. The van der Waals surface area contributed by atoms with Gasteiger partial charge in [-0.1, -0.05) is 0 Å². The van der Waals surface area contributed by atoms with Gasteiger partial charge in [0.2, 0.25) is 0 Å². The van der Waals surface area contributed by atoms with E-state index in [4.69, 9.17) is 10.2 Å². The zero-order valence-corrected chi connectivity index (χ0v) is 6.44. The van der Waals surface area contributed by atoms with Crippen LogP contribution in [0, 0.1) is 0 Å². The van der Waals surface area contributed by atoms with Crippen LogP contribution in [0.2, 0.25) is 0 Å². The van der Waals surface area contributed by atoms with Crippen LogP contribution >= 0.6 is 0 Å². The van der Waals surface area contributed by atoms with Crippen molar-refractivity contribution in [1.29, 1.82) is 0 Å². The van der Waals surface area contributed by atoms with Gasteiger partial charge in [0, 0.05) is 0 Å². The lowest BCUT2D eigenvalue weighted by Gasteiger charge is -2.18. The average Bonchev–Trinajstić information content (AvgIpc) is 1.84. The Morgan fingerprint density at radius 1 is 1.55 bits per heavy atom. The van der Waals surface area contributed by atoms with Crippen LogP contribution in [0.4, 0.5) is 0 Å². The zero-order chi connectivity index (χ0) is 9.02. The van der Waals surface area contributed by atoms with Crippen molar-refractivity contribution in [3.05, 3.63) is 0 Å². The molecule has 1 unspecified atom stereocenters. The first-order valence-corrected chi connectivity index (χ1v) is 3.10. The van der Waals surface area contributed by atoms with E-state index in [1.54, 1.807) is 0 Å². The highest BCUT2D eigenvalue weighted by Gasteiger charge is 2.17. The lowest BCUT2D eigenvalue weighted by Crippen LogP contribution is -2.41. The first-order valence-electron chi connectivity index (χ1n) is 3.10. The molecule has 0 rings (SSSR count). The predicted molar refractivity (Wildman–Crippen MR) is 40.2 cm³/mol. The zero-order valence-electron chi connectivity index (χ0n) is 6.44. The molecule has 0 bridgehead atoms. The van der Waals surface area contributed by atoms with Gasteiger partial charge in [-0.15, -0.1) is 0 Å². The van der Waals surface area contributed by atoms with Gasteiger partial charge in [-0.2, -0.15) is 0 Å². The van der Waals surface area contributed by atoms with Crippen LogP contribution in [0.5, 0.6) is 0 Å². The number of likely N-dealkylation sites (N-methyl/N-ethyl adjacent to an activating group) is 1. The standard InChI is InChI=1S/C5H10BNO4/c1-7(2-3(8)9)4(6)5(10)11/h4H,2,6H2,1H3,(H,8,9)(H,10,11). The summed E-state index contributed by atoms with van der Waals surface area (Å²) in [5.41, 5.74) is 0. The Morgan fingerprint density at radius 3 is 2.27 bits per heavy atom. The minimum Gasteiger partial charge on any atom is -0.481 e. The van der Waals surface area contributed by atoms with E-state index >= 15 is 0 Å². The Balaban J connectivity index is 3.92. The molecule has 0 aliphatic heterocycles. The van der Waals surface area contributed by atoms with Gasteiger partial charge in [0.15, 0.2) is 0 Å². The van der Waals surface area contributed by atoms with E-state index in [0.29, 0.717) is 0 Å². The van der Waals surface area contributed by atoms with Crippen molar-refractivity contribution in [2.75, 3.05) is 13.6 Å². The monoisotopic (exact) mass is 159 g/mol. The Kier molecular flexibility index (Phi) is 3.60. The number of carboxylic acid groups (broad SMARTS) is 2. The Labute approximate surface area is 65.0 Å². The normalized spacial score (nSPS) is 12.9. The van der Waals surface area contributed by atoms with Crippen LogP contribution in [0.3, 0.4) is 0 Å². The Bertz CT molecular complexity index is 172. The Morgan fingerprint density at radius 2 is 2.00 bits per heavy atom. The number of aliphatic carboxylic acids is 2. The van der Waals surface area contributed by atoms with E-state index in [1.807, 2.05) is 0 Å². The van der Waals surface area contributed by atoms with Gasteiger partial charge in [0.05, 0.1) is 12.5 Å². The topological polar surface area (TPSA) is 77.8 Å². The first kappa shape index (κ1) is 9.96. The van der Waals surface area contributed by atoms with Gasteiger partial charge >= 0.3 is 11.9 Å². The molecule has 6 heteroatoms.